The zero-order valence-corrected chi connectivity index (χ0v) is 14.2. The minimum absolute atomic E-state index is 0.0681. The smallest absolute Gasteiger partial charge is 0.255 e. The fraction of sp³-hybridized carbons (Fsp3) is 0.556. The first kappa shape index (κ1) is 17.5. The van der Waals surface area contributed by atoms with Crippen molar-refractivity contribution in [3.63, 3.8) is 0 Å². The van der Waals surface area contributed by atoms with E-state index in [1.807, 2.05) is 39.0 Å². The van der Waals surface area contributed by atoms with Gasteiger partial charge in [-0.2, -0.15) is 0 Å². The lowest BCUT2D eigenvalue weighted by Crippen LogP contribution is -2.42. The van der Waals surface area contributed by atoms with Crippen molar-refractivity contribution < 1.29 is 14.3 Å². The van der Waals surface area contributed by atoms with E-state index >= 15 is 0 Å². The van der Waals surface area contributed by atoms with Gasteiger partial charge in [-0.15, -0.1) is 0 Å². The lowest BCUT2D eigenvalue weighted by atomic mass is 10.0. The van der Waals surface area contributed by atoms with Gasteiger partial charge in [0.05, 0.1) is 0 Å². The molecule has 126 valence electrons. The Labute approximate surface area is 138 Å². The largest absolute Gasteiger partial charge is 0.382 e. The zero-order valence-electron chi connectivity index (χ0n) is 14.2. The van der Waals surface area contributed by atoms with Crippen molar-refractivity contribution in [2.75, 3.05) is 19.8 Å². The van der Waals surface area contributed by atoms with Crippen LogP contribution in [0.15, 0.2) is 24.3 Å². The van der Waals surface area contributed by atoms with E-state index in [-0.39, 0.29) is 17.9 Å². The minimum atomic E-state index is -0.533. The predicted molar refractivity (Wildman–Crippen MR) is 89.2 cm³/mol. The molecule has 5 heteroatoms. The molecule has 1 aliphatic rings. The van der Waals surface area contributed by atoms with E-state index in [1.165, 1.54) is 0 Å². The topological polar surface area (TPSA) is 58.6 Å². The molecule has 1 aromatic rings. The van der Waals surface area contributed by atoms with Crippen LogP contribution >= 0.6 is 0 Å². The summed E-state index contributed by atoms with van der Waals surface area (Å²) in [5.41, 5.74) is 1.43. The van der Waals surface area contributed by atoms with Gasteiger partial charge in [0, 0.05) is 31.4 Å². The molecule has 1 N–H and O–H groups in total. The molecule has 1 aromatic carbocycles. The molecule has 1 aliphatic heterocycles. The summed E-state index contributed by atoms with van der Waals surface area (Å²) in [5.74, 6) is -0.171. The molecule has 2 atom stereocenters. The van der Waals surface area contributed by atoms with Crippen LogP contribution in [-0.2, 0) is 9.53 Å². The van der Waals surface area contributed by atoms with Crippen LogP contribution in [0, 0.1) is 0 Å². The van der Waals surface area contributed by atoms with Crippen molar-refractivity contribution in [3.8, 4) is 0 Å². The van der Waals surface area contributed by atoms with Crippen molar-refractivity contribution in [2.45, 2.75) is 45.7 Å². The fourth-order valence-electron chi connectivity index (χ4n) is 2.79. The van der Waals surface area contributed by atoms with E-state index in [4.69, 9.17) is 4.74 Å². The van der Waals surface area contributed by atoms with Crippen molar-refractivity contribution in [2.24, 2.45) is 0 Å². The number of ether oxygens (including phenoxy) is 1. The maximum absolute atomic E-state index is 12.7. The highest BCUT2D eigenvalue weighted by molar-refractivity contribution is 6.04. The van der Waals surface area contributed by atoms with Gasteiger partial charge in [-0.1, -0.05) is 25.1 Å². The Bertz CT molecular complexity index is 559. The third kappa shape index (κ3) is 3.91. The number of benzene rings is 1. The molecule has 2 unspecified atom stereocenters. The van der Waals surface area contributed by atoms with E-state index in [0.717, 1.165) is 18.4 Å². The molecule has 0 aromatic heterocycles. The number of fused-ring (bicyclic) bond motifs is 1. The van der Waals surface area contributed by atoms with E-state index < -0.39 is 6.04 Å². The predicted octanol–water partition coefficient (Wildman–Crippen LogP) is 2.52. The van der Waals surface area contributed by atoms with Gasteiger partial charge in [0.1, 0.15) is 6.04 Å². The van der Waals surface area contributed by atoms with Gasteiger partial charge in [-0.25, -0.2) is 0 Å². The molecule has 0 bridgehead atoms. The number of carbonyl (C=O) groups excluding carboxylic acids is 2. The summed E-state index contributed by atoms with van der Waals surface area (Å²) >= 11 is 0. The SMILES string of the molecule is CCOCCCN1C(=O)c2ccccc2C1C(=O)NC(C)CC. The molecule has 0 radical (unpaired) electrons. The molecule has 0 aliphatic carbocycles. The number of nitrogens with zero attached hydrogens (tertiary/aromatic N) is 1. The highest BCUT2D eigenvalue weighted by Gasteiger charge is 2.40. The molecule has 2 amide bonds. The van der Waals surface area contributed by atoms with Crippen LogP contribution in [0.4, 0.5) is 0 Å². The Hall–Kier alpha value is -1.88. The second-order valence-corrected chi connectivity index (χ2v) is 5.86. The summed E-state index contributed by atoms with van der Waals surface area (Å²) in [6.07, 6.45) is 1.58. The molecule has 5 nitrogen and oxygen atoms in total. The Kier molecular flexibility index (Phi) is 6.16. The van der Waals surface area contributed by atoms with E-state index in [9.17, 15) is 9.59 Å². The normalized spacial score (nSPS) is 18.0. The summed E-state index contributed by atoms with van der Waals surface area (Å²) in [6.45, 7) is 7.71. The lowest BCUT2D eigenvalue weighted by Gasteiger charge is -2.26. The Morgan fingerprint density at radius 2 is 2.09 bits per heavy atom. The average Bonchev–Trinajstić information content (AvgIpc) is 2.84. The number of amides is 2. The first-order valence-electron chi connectivity index (χ1n) is 8.38. The number of rotatable bonds is 8. The average molecular weight is 318 g/mol. The van der Waals surface area contributed by atoms with Gasteiger partial charge in [0.15, 0.2) is 0 Å². The third-order valence-electron chi connectivity index (χ3n) is 4.20. The molecular weight excluding hydrogens is 292 g/mol. The molecule has 23 heavy (non-hydrogen) atoms. The third-order valence-corrected chi connectivity index (χ3v) is 4.20. The maximum Gasteiger partial charge on any atom is 0.255 e. The number of nitrogens with one attached hydrogen (secondary N) is 1. The van der Waals surface area contributed by atoms with Gasteiger partial charge >= 0.3 is 0 Å². The lowest BCUT2D eigenvalue weighted by molar-refractivity contribution is -0.126. The number of carbonyl (C=O) groups is 2. The maximum atomic E-state index is 12.7. The highest BCUT2D eigenvalue weighted by Crippen LogP contribution is 2.33. The summed E-state index contributed by atoms with van der Waals surface area (Å²) in [4.78, 5) is 27.0. The summed E-state index contributed by atoms with van der Waals surface area (Å²) in [5, 5.41) is 3.00. The van der Waals surface area contributed by atoms with E-state index in [0.29, 0.717) is 25.3 Å². The van der Waals surface area contributed by atoms with Gasteiger partial charge in [-0.3, -0.25) is 9.59 Å². The van der Waals surface area contributed by atoms with Crippen LogP contribution in [0.5, 0.6) is 0 Å². The molecule has 0 fully saturated rings. The van der Waals surface area contributed by atoms with Crippen molar-refractivity contribution >= 4 is 11.8 Å². The summed E-state index contributed by atoms with van der Waals surface area (Å²) < 4.78 is 5.34. The van der Waals surface area contributed by atoms with Gasteiger partial charge < -0.3 is 15.0 Å². The molecular formula is C18H26N2O3. The summed E-state index contributed by atoms with van der Waals surface area (Å²) in [6, 6.07) is 6.94. The van der Waals surface area contributed by atoms with Crippen LogP contribution in [0.25, 0.3) is 0 Å². The van der Waals surface area contributed by atoms with Gasteiger partial charge in [-0.05, 0) is 38.3 Å². The van der Waals surface area contributed by atoms with Crippen molar-refractivity contribution in [3.05, 3.63) is 35.4 Å². The monoisotopic (exact) mass is 318 g/mol. The first-order chi connectivity index (χ1) is 11.1. The highest BCUT2D eigenvalue weighted by atomic mass is 16.5. The van der Waals surface area contributed by atoms with Gasteiger partial charge in [0.25, 0.3) is 5.91 Å². The van der Waals surface area contributed by atoms with Crippen molar-refractivity contribution in [1.29, 1.82) is 0 Å². The molecule has 1 heterocycles. The molecule has 2 rings (SSSR count). The Morgan fingerprint density at radius 1 is 1.35 bits per heavy atom. The Morgan fingerprint density at radius 3 is 2.78 bits per heavy atom. The van der Waals surface area contributed by atoms with Crippen LogP contribution in [0.3, 0.4) is 0 Å². The fourth-order valence-corrected chi connectivity index (χ4v) is 2.79. The Balaban J connectivity index is 2.18. The minimum Gasteiger partial charge on any atom is -0.382 e. The number of hydrogen-bond donors (Lipinski definition) is 1. The van der Waals surface area contributed by atoms with Crippen LogP contribution in [0.2, 0.25) is 0 Å². The second-order valence-electron chi connectivity index (χ2n) is 5.86. The number of hydrogen-bond acceptors (Lipinski definition) is 3. The molecule has 0 saturated carbocycles. The van der Waals surface area contributed by atoms with Gasteiger partial charge in [0.2, 0.25) is 5.91 Å². The van der Waals surface area contributed by atoms with Crippen molar-refractivity contribution in [1.82, 2.24) is 10.2 Å². The summed E-state index contributed by atoms with van der Waals surface area (Å²) in [7, 11) is 0. The second kappa shape index (κ2) is 8.11. The molecule has 0 spiro atoms. The zero-order chi connectivity index (χ0) is 16.8. The van der Waals surface area contributed by atoms with E-state index in [1.54, 1.807) is 11.0 Å². The van der Waals surface area contributed by atoms with Crippen LogP contribution < -0.4 is 5.32 Å². The van der Waals surface area contributed by atoms with E-state index in [2.05, 4.69) is 5.32 Å². The first-order valence-corrected chi connectivity index (χ1v) is 8.38. The molecule has 0 saturated heterocycles. The van der Waals surface area contributed by atoms with Crippen LogP contribution in [0.1, 0.15) is 55.6 Å². The standard InChI is InChI=1S/C18H26N2O3/c1-4-13(3)19-17(21)16-14-9-6-7-10-15(14)18(22)20(16)11-8-12-23-5-2/h6-7,9-10,13,16H,4-5,8,11-12H2,1-3H3,(H,19,21). The van der Waals surface area contributed by atoms with Crippen LogP contribution in [-0.4, -0.2) is 42.5 Å². The quantitative estimate of drug-likeness (QED) is 0.749.